The van der Waals surface area contributed by atoms with Gasteiger partial charge in [-0.3, -0.25) is 4.90 Å². The molecule has 1 fully saturated rings. The molecule has 1 unspecified atom stereocenters. The summed E-state index contributed by atoms with van der Waals surface area (Å²) in [5, 5.41) is 0. The largest absolute Gasteiger partial charge is 0.294 e. The maximum atomic E-state index is 12.5. The van der Waals surface area contributed by atoms with Gasteiger partial charge in [-0.05, 0) is 12.3 Å². The van der Waals surface area contributed by atoms with Crippen LogP contribution in [0.5, 0.6) is 0 Å². The third-order valence-electron chi connectivity index (χ3n) is 2.67. The standard InChI is InChI=1S/C9H18FN/c1-7(9(2,3)4)11-5-8(10)6-11/h7-8H,5-6H2,1-4H3. The van der Waals surface area contributed by atoms with E-state index in [2.05, 4.69) is 32.6 Å². The lowest BCUT2D eigenvalue weighted by Gasteiger charge is -2.44. The fourth-order valence-electron chi connectivity index (χ4n) is 1.32. The van der Waals surface area contributed by atoms with Gasteiger partial charge in [0.25, 0.3) is 0 Å². The monoisotopic (exact) mass is 159 g/mol. The summed E-state index contributed by atoms with van der Waals surface area (Å²) in [5.41, 5.74) is 0.278. The van der Waals surface area contributed by atoms with Gasteiger partial charge in [-0.2, -0.15) is 0 Å². The molecule has 66 valence electrons. The van der Waals surface area contributed by atoms with Gasteiger partial charge in [0, 0.05) is 19.1 Å². The van der Waals surface area contributed by atoms with Gasteiger partial charge in [-0.25, -0.2) is 4.39 Å². The molecule has 0 aromatic heterocycles. The molecule has 0 radical (unpaired) electrons. The molecule has 1 saturated heterocycles. The Bertz CT molecular complexity index is 133. The highest BCUT2D eigenvalue weighted by Gasteiger charge is 2.35. The van der Waals surface area contributed by atoms with Crippen molar-refractivity contribution in [3.63, 3.8) is 0 Å². The van der Waals surface area contributed by atoms with Crippen molar-refractivity contribution in [2.24, 2.45) is 5.41 Å². The summed E-state index contributed by atoms with van der Waals surface area (Å²) in [6.07, 6.45) is -0.570. The Morgan fingerprint density at radius 3 is 2.09 bits per heavy atom. The maximum Gasteiger partial charge on any atom is 0.125 e. The van der Waals surface area contributed by atoms with Gasteiger partial charge in [0.1, 0.15) is 6.17 Å². The third kappa shape index (κ3) is 1.92. The van der Waals surface area contributed by atoms with Gasteiger partial charge >= 0.3 is 0 Å². The van der Waals surface area contributed by atoms with Gasteiger partial charge in [-0.1, -0.05) is 20.8 Å². The summed E-state index contributed by atoms with van der Waals surface area (Å²) in [6.45, 7) is 10.0. The van der Waals surface area contributed by atoms with Crippen LogP contribution < -0.4 is 0 Å². The maximum absolute atomic E-state index is 12.5. The van der Waals surface area contributed by atoms with Crippen LogP contribution in [0.4, 0.5) is 4.39 Å². The van der Waals surface area contributed by atoms with E-state index >= 15 is 0 Å². The Morgan fingerprint density at radius 2 is 1.82 bits per heavy atom. The second-order valence-corrected chi connectivity index (χ2v) is 4.59. The number of hydrogen-bond donors (Lipinski definition) is 0. The molecule has 0 spiro atoms. The van der Waals surface area contributed by atoms with Crippen LogP contribution in [0.1, 0.15) is 27.7 Å². The predicted molar refractivity (Wildman–Crippen MR) is 45.4 cm³/mol. The lowest BCUT2D eigenvalue weighted by molar-refractivity contribution is -0.00557. The Hall–Kier alpha value is -0.110. The number of halogens is 1. The zero-order valence-electron chi connectivity index (χ0n) is 7.89. The molecule has 0 bridgehead atoms. The molecule has 0 aromatic rings. The van der Waals surface area contributed by atoms with E-state index in [4.69, 9.17) is 0 Å². The highest BCUT2D eigenvalue weighted by atomic mass is 19.1. The minimum absolute atomic E-state index is 0.278. The van der Waals surface area contributed by atoms with E-state index in [0.717, 1.165) is 0 Å². The van der Waals surface area contributed by atoms with Crippen LogP contribution in [0.15, 0.2) is 0 Å². The topological polar surface area (TPSA) is 3.24 Å². The molecule has 2 heteroatoms. The van der Waals surface area contributed by atoms with Crippen LogP contribution in [-0.4, -0.2) is 30.2 Å². The third-order valence-corrected chi connectivity index (χ3v) is 2.67. The normalized spacial score (nSPS) is 24.8. The molecule has 1 rings (SSSR count). The minimum Gasteiger partial charge on any atom is -0.294 e. The van der Waals surface area contributed by atoms with Crippen molar-refractivity contribution in [2.75, 3.05) is 13.1 Å². The van der Waals surface area contributed by atoms with Crippen LogP contribution in [0, 0.1) is 5.41 Å². The van der Waals surface area contributed by atoms with Gasteiger partial charge in [-0.15, -0.1) is 0 Å². The van der Waals surface area contributed by atoms with Crippen LogP contribution in [-0.2, 0) is 0 Å². The zero-order valence-corrected chi connectivity index (χ0v) is 7.89. The van der Waals surface area contributed by atoms with E-state index in [-0.39, 0.29) is 5.41 Å². The molecule has 0 amide bonds. The molecule has 0 N–H and O–H groups in total. The second kappa shape index (κ2) is 2.74. The Balaban J connectivity index is 2.38. The number of rotatable bonds is 1. The molecule has 1 nitrogen and oxygen atoms in total. The van der Waals surface area contributed by atoms with Crippen molar-refractivity contribution in [3.05, 3.63) is 0 Å². The molecular weight excluding hydrogens is 141 g/mol. The number of nitrogens with zero attached hydrogens (tertiary/aromatic N) is 1. The first-order chi connectivity index (χ1) is 4.91. The van der Waals surface area contributed by atoms with Gasteiger partial charge in [0.05, 0.1) is 0 Å². The van der Waals surface area contributed by atoms with Crippen molar-refractivity contribution < 1.29 is 4.39 Å². The van der Waals surface area contributed by atoms with Crippen LogP contribution in [0.3, 0.4) is 0 Å². The lowest BCUT2D eigenvalue weighted by Crippen LogP contribution is -2.56. The molecule has 1 aliphatic heterocycles. The van der Waals surface area contributed by atoms with E-state index in [1.54, 1.807) is 0 Å². The van der Waals surface area contributed by atoms with Gasteiger partial charge in [0.15, 0.2) is 0 Å². The number of hydrogen-bond acceptors (Lipinski definition) is 1. The molecule has 0 aromatic carbocycles. The summed E-state index contributed by atoms with van der Waals surface area (Å²) in [7, 11) is 0. The smallest absolute Gasteiger partial charge is 0.125 e. The van der Waals surface area contributed by atoms with Crippen molar-refractivity contribution in [1.82, 2.24) is 4.90 Å². The summed E-state index contributed by atoms with van der Waals surface area (Å²) in [5.74, 6) is 0. The highest BCUT2D eigenvalue weighted by molar-refractivity contribution is 4.88. The molecule has 1 aliphatic rings. The molecule has 1 atom stereocenters. The second-order valence-electron chi connectivity index (χ2n) is 4.59. The summed E-state index contributed by atoms with van der Waals surface area (Å²) >= 11 is 0. The summed E-state index contributed by atoms with van der Waals surface area (Å²) in [4.78, 5) is 2.20. The first-order valence-corrected chi connectivity index (χ1v) is 4.29. The molecule has 11 heavy (non-hydrogen) atoms. The minimum atomic E-state index is -0.570. The first kappa shape index (κ1) is 8.98. The van der Waals surface area contributed by atoms with Crippen LogP contribution >= 0.6 is 0 Å². The lowest BCUT2D eigenvalue weighted by atomic mass is 9.85. The van der Waals surface area contributed by atoms with Crippen molar-refractivity contribution in [2.45, 2.75) is 39.9 Å². The average Bonchev–Trinajstić information content (AvgIpc) is 1.77. The molecule has 0 aliphatic carbocycles. The Labute approximate surface area is 68.6 Å². The Morgan fingerprint density at radius 1 is 1.36 bits per heavy atom. The SMILES string of the molecule is CC(N1CC(F)C1)C(C)(C)C. The van der Waals surface area contributed by atoms with E-state index in [9.17, 15) is 4.39 Å². The van der Waals surface area contributed by atoms with E-state index < -0.39 is 6.17 Å². The molecule has 0 saturated carbocycles. The summed E-state index contributed by atoms with van der Waals surface area (Å²) < 4.78 is 12.5. The van der Waals surface area contributed by atoms with Crippen LogP contribution in [0.25, 0.3) is 0 Å². The van der Waals surface area contributed by atoms with E-state index in [0.29, 0.717) is 19.1 Å². The predicted octanol–water partition coefficient (Wildman–Crippen LogP) is 2.07. The highest BCUT2D eigenvalue weighted by Crippen LogP contribution is 2.28. The van der Waals surface area contributed by atoms with Crippen molar-refractivity contribution >= 4 is 0 Å². The van der Waals surface area contributed by atoms with Gasteiger partial charge in [0.2, 0.25) is 0 Å². The average molecular weight is 159 g/mol. The van der Waals surface area contributed by atoms with E-state index in [1.165, 1.54) is 0 Å². The number of likely N-dealkylation sites (tertiary alicyclic amines) is 1. The fraction of sp³-hybridized carbons (Fsp3) is 1.00. The first-order valence-electron chi connectivity index (χ1n) is 4.29. The van der Waals surface area contributed by atoms with Crippen molar-refractivity contribution in [3.8, 4) is 0 Å². The quantitative estimate of drug-likeness (QED) is 0.566. The molecular formula is C9H18FN. The number of alkyl halides is 1. The summed E-state index contributed by atoms with van der Waals surface area (Å²) in [6, 6.07) is 0.495. The van der Waals surface area contributed by atoms with Crippen molar-refractivity contribution in [1.29, 1.82) is 0 Å². The van der Waals surface area contributed by atoms with E-state index in [1.807, 2.05) is 0 Å². The zero-order chi connectivity index (χ0) is 8.65. The van der Waals surface area contributed by atoms with Gasteiger partial charge < -0.3 is 0 Å². The van der Waals surface area contributed by atoms with Crippen LogP contribution in [0.2, 0.25) is 0 Å². The Kier molecular flexibility index (Phi) is 2.24. The molecule has 1 heterocycles. The fourth-order valence-corrected chi connectivity index (χ4v) is 1.32.